The molecule has 0 aliphatic rings. The highest BCUT2D eigenvalue weighted by Crippen LogP contribution is 2.36. The molecule has 2 N–H and O–H groups in total. The fourth-order valence-electron chi connectivity index (χ4n) is 3.24. The Morgan fingerprint density at radius 3 is 2.33 bits per heavy atom. The highest BCUT2D eigenvalue weighted by atomic mass is 16.3. The zero-order valence-corrected chi connectivity index (χ0v) is 14.9. The van der Waals surface area contributed by atoms with E-state index < -0.39 is 0 Å². The van der Waals surface area contributed by atoms with Crippen molar-refractivity contribution in [2.45, 2.75) is 6.92 Å². The number of fused-ring (bicyclic) bond motifs is 1. The summed E-state index contributed by atoms with van der Waals surface area (Å²) in [6, 6.07) is 26.5. The Kier molecular flexibility index (Phi) is 4.35. The lowest BCUT2D eigenvalue weighted by molar-refractivity contribution is 0.102. The standard InChI is InChI=1S/C24H19NO2/c1-16-10-12-17(13-11-16)24(27)25-23-9-5-4-8-21(23)22-15-19(26)14-18-6-2-3-7-20(18)22/h2-15,26H,1H3,(H,25,27). The molecule has 4 rings (SSSR count). The maximum absolute atomic E-state index is 12.7. The van der Waals surface area contributed by atoms with E-state index in [2.05, 4.69) is 5.32 Å². The Labute approximate surface area is 157 Å². The highest BCUT2D eigenvalue weighted by Gasteiger charge is 2.13. The number of para-hydroxylation sites is 1. The number of carbonyl (C=O) groups excluding carboxylic acids is 1. The van der Waals surface area contributed by atoms with Crippen molar-refractivity contribution in [3.05, 3.63) is 96.1 Å². The second-order valence-electron chi connectivity index (χ2n) is 6.58. The molecule has 1 amide bonds. The van der Waals surface area contributed by atoms with Gasteiger partial charge in [0.15, 0.2) is 0 Å². The van der Waals surface area contributed by atoms with Gasteiger partial charge in [0.25, 0.3) is 5.91 Å². The molecule has 0 aliphatic carbocycles. The van der Waals surface area contributed by atoms with E-state index in [1.165, 1.54) is 0 Å². The molecule has 0 aliphatic heterocycles. The summed E-state index contributed by atoms with van der Waals surface area (Å²) in [7, 11) is 0. The third-order valence-electron chi connectivity index (χ3n) is 4.63. The summed E-state index contributed by atoms with van der Waals surface area (Å²) < 4.78 is 0. The zero-order chi connectivity index (χ0) is 18.8. The van der Waals surface area contributed by atoms with E-state index in [0.717, 1.165) is 27.5 Å². The molecule has 0 spiro atoms. The van der Waals surface area contributed by atoms with Gasteiger partial charge in [-0.05, 0) is 53.6 Å². The van der Waals surface area contributed by atoms with Gasteiger partial charge < -0.3 is 10.4 Å². The number of aromatic hydroxyl groups is 1. The number of hydrogen-bond donors (Lipinski definition) is 2. The molecule has 0 atom stereocenters. The van der Waals surface area contributed by atoms with Crippen molar-refractivity contribution >= 4 is 22.4 Å². The Hall–Kier alpha value is -3.59. The second-order valence-corrected chi connectivity index (χ2v) is 6.58. The minimum atomic E-state index is -0.160. The fraction of sp³-hybridized carbons (Fsp3) is 0.0417. The molecular weight excluding hydrogens is 334 g/mol. The summed E-state index contributed by atoms with van der Waals surface area (Å²) in [5.41, 5.74) is 4.17. The number of hydrogen-bond acceptors (Lipinski definition) is 2. The number of anilines is 1. The van der Waals surface area contributed by atoms with Crippen molar-refractivity contribution in [3.8, 4) is 16.9 Å². The van der Waals surface area contributed by atoms with E-state index >= 15 is 0 Å². The van der Waals surface area contributed by atoms with Crippen LogP contribution in [0.1, 0.15) is 15.9 Å². The molecule has 0 aromatic heterocycles. The van der Waals surface area contributed by atoms with Gasteiger partial charge in [0, 0.05) is 16.8 Å². The van der Waals surface area contributed by atoms with E-state index in [4.69, 9.17) is 0 Å². The molecule has 0 heterocycles. The maximum atomic E-state index is 12.7. The summed E-state index contributed by atoms with van der Waals surface area (Å²) >= 11 is 0. The zero-order valence-electron chi connectivity index (χ0n) is 14.9. The summed E-state index contributed by atoms with van der Waals surface area (Å²) in [5, 5.41) is 15.1. The van der Waals surface area contributed by atoms with Crippen LogP contribution in [-0.4, -0.2) is 11.0 Å². The van der Waals surface area contributed by atoms with Crippen molar-refractivity contribution < 1.29 is 9.90 Å². The van der Waals surface area contributed by atoms with Crippen molar-refractivity contribution in [1.29, 1.82) is 0 Å². The molecule has 3 nitrogen and oxygen atoms in total. The normalized spacial score (nSPS) is 10.7. The highest BCUT2D eigenvalue weighted by molar-refractivity contribution is 6.08. The minimum absolute atomic E-state index is 0.160. The third kappa shape index (κ3) is 3.40. The van der Waals surface area contributed by atoms with Crippen LogP contribution in [0.5, 0.6) is 5.75 Å². The lowest BCUT2D eigenvalue weighted by Crippen LogP contribution is -2.12. The van der Waals surface area contributed by atoms with Crippen LogP contribution in [0.4, 0.5) is 5.69 Å². The first-order valence-corrected chi connectivity index (χ1v) is 8.81. The smallest absolute Gasteiger partial charge is 0.255 e. The van der Waals surface area contributed by atoms with Crippen molar-refractivity contribution in [2.75, 3.05) is 5.32 Å². The van der Waals surface area contributed by atoms with Crippen LogP contribution in [0.15, 0.2) is 84.9 Å². The van der Waals surface area contributed by atoms with Crippen LogP contribution in [0, 0.1) is 6.92 Å². The minimum Gasteiger partial charge on any atom is -0.508 e. The first-order valence-electron chi connectivity index (χ1n) is 8.81. The van der Waals surface area contributed by atoms with Crippen LogP contribution in [0.3, 0.4) is 0 Å². The maximum Gasteiger partial charge on any atom is 0.255 e. The van der Waals surface area contributed by atoms with Crippen LogP contribution >= 0.6 is 0 Å². The van der Waals surface area contributed by atoms with E-state index in [0.29, 0.717) is 11.3 Å². The van der Waals surface area contributed by atoms with Crippen LogP contribution in [-0.2, 0) is 0 Å². The molecule has 0 unspecified atom stereocenters. The van der Waals surface area contributed by atoms with Crippen molar-refractivity contribution in [2.24, 2.45) is 0 Å². The molecule has 0 saturated carbocycles. The predicted molar refractivity (Wildman–Crippen MR) is 110 cm³/mol. The molecule has 0 saturated heterocycles. The number of aryl methyl sites for hydroxylation is 1. The van der Waals surface area contributed by atoms with Crippen molar-refractivity contribution in [3.63, 3.8) is 0 Å². The molecule has 27 heavy (non-hydrogen) atoms. The molecular formula is C24H19NO2. The number of phenols is 1. The van der Waals surface area contributed by atoms with E-state index in [1.807, 2.05) is 79.7 Å². The Morgan fingerprint density at radius 2 is 1.52 bits per heavy atom. The van der Waals surface area contributed by atoms with E-state index in [1.54, 1.807) is 12.1 Å². The van der Waals surface area contributed by atoms with Gasteiger partial charge in [-0.1, -0.05) is 60.2 Å². The summed E-state index contributed by atoms with van der Waals surface area (Å²) in [5.74, 6) is 0.0373. The first-order chi connectivity index (χ1) is 13.1. The lowest BCUT2D eigenvalue weighted by Gasteiger charge is -2.14. The predicted octanol–water partition coefficient (Wildman–Crippen LogP) is 5.77. The molecule has 0 fully saturated rings. The topological polar surface area (TPSA) is 49.3 Å². The fourth-order valence-corrected chi connectivity index (χ4v) is 3.24. The van der Waals surface area contributed by atoms with Crippen molar-refractivity contribution in [1.82, 2.24) is 0 Å². The number of nitrogens with one attached hydrogen (secondary N) is 1. The van der Waals surface area contributed by atoms with Gasteiger partial charge in [-0.2, -0.15) is 0 Å². The molecule has 3 heteroatoms. The quantitative estimate of drug-likeness (QED) is 0.491. The van der Waals surface area contributed by atoms with Gasteiger partial charge in [-0.3, -0.25) is 4.79 Å². The number of rotatable bonds is 3. The number of amides is 1. The Morgan fingerprint density at radius 1 is 0.815 bits per heavy atom. The molecule has 0 radical (unpaired) electrons. The van der Waals surface area contributed by atoms with Crippen LogP contribution < -0.4 is 5.32 Å². The number of phenolic OH excluding ortho intramolecular Hbond substituents is 1. The Bertz CT molecular complexity index is 1130. The number of carbonyl (C=O) groups is 1. The second kappa shape index (κ2) is 6.96. The summed E-state index contributed by atoms with van der Waals surface area (Å²) in [4.78, 5) is 12.7. The molecule has 0 bridgehead atoms. The van der Waals surface area contributed by atoms with E-state index in [9.17, 15) is 9.90 Å². The lowest BCUT2D eigenvalue weighted by atomic mass is 9.96. The largest absolute Gasteiger partial charge is 0.508 e. The monoisotopic (exact) mass is 353 g/mol. The third-order valence-corrected chi connectivity index (χ3v) is 4.63. The summed E-state index contributed by atoms with van der Waals surface area (Å²) in [6.45, 7) is 1.99. The van der Waals surface area contributed by atoms with Gasteiger partial charge in [0.05, 0.1) is 0 Å². The van der Waals surface area contributed by atoms with Crippen LogP contribution in [0.2, 0.25) is 0 Å². The first kappa shape index (κ1) is 16.9. The molecule has 4 aromatic rings. The van der Waals surface area contributed by atoms with Gasteiger partial charge >= 0.3 is 0 Å². The van der Waals surface area contributed by atoms with Gasteiger partial charge in [0.2, 0.25) is 0 Å². The Balaban J connectivity index is 1.78. The average molecular weight is 353 g/mol. The summed E-state index contributed by atoms with van der Waals surface area (Å²) in [6.07, 6.45) is 0. The SMILES string of the molecule is Cc1ccc(C(=O)Nc2ccccc2-c2cc(O)cc3ccccc23)cc1. The van der Waals surface area contributed by atoms with Crippen LogP contribution in [0.25, 0.3) is 21.9 Å². The van der Waals surface area contributed by atoms with Gasteiger partial charge in [-0.25, -0.2) is 0 Å². The van der Waals surface area contributed by atoms with Gasteiger partial charge in [-0.15, -0.1) is 0 Å². The number of benzene rings is 4. The molecule has 4 aromatic carbocycles. The molecule has 132 valence electrons. The van der Waals surface area contributed by atoms with E-state index in [-0.39, 0.29) is 11.7 Å². The van der Waals surface area contributed by atoms with Gasteiger partial charge in [0.1, 0.15) is 5.75 Å². The average Bonchev–Trinajstić information content (AvgIpc) is 2.68.